The Morgan fingerprint density at radius 2 is 2.06 bits per heavy atom. The smallest absolute Gasteiger partial charge is 0.142 e. The Kier molecular flexibility index (Phi) is 2.19. The van der Waals surface area contributed by atoms with Gasteiger partial charge in [-0.05, 0) is 13.0 Å². The van der Waals surface area contributed by atoms with Crippen LogP contribution in [-0.4, -0.2) is 9.55 Å². The number of hydrogen-bond donors (Lipinski definition) is 1. The zero-order valence-corrected chi connectivity index (χ0v) is 10.6. The van der Waals surface area contributed by atoms with Gasteiger partial charge in [0.2, 0.25) is 0 Å². The van der Waals surface area contributed by atoms with Gasteiger partial charge in [0.15, 0.2) is 0 Å². The first-order valence-electron chi connectivity index (χ1n) is 5.44. The number of thiazole rings is 1. The first kappa shape index (κ1) is 10.4. The average Bonchev–Trinajstić information content (AvgIpc) is 2.80. The number of fused-ring (bicyclic) bond motifs is 1. The molecule has 2 aromatic heterocycles. The summed E-state index contributed by atoms with van der Waals surface area (Å²) in [4.78, 5) is 5.36. The van der Waals surface area contributed by atoms with Crippen LogP contribution in [0.5, 0.6) is 0 Å². The lowest BCUT2D eigenvalue weighted by Crippen LogP contribution is -1.86. The summed E-state index contributed by atoms with van der Waals surface area (Å²) in [6, 6.07) is 8.34. The number of aryl methyl sites for hydroxylation is 2. The molecule has 1 aromatic carbocycles. The van der Waals surface area contributed by atoms with Crippen molar-refractivity contribution in [1.82, 2.24) is 9.55 Å². The highest BCUT2D eigenvalue weighted by Crippen LogP contribution is 2.37. The van der Waals surface area contributed by atoms with Gasteiger partial charge in [-0.1, -0.05) is 18.2 Å². The lowest BCUT2D eigenvalue weighted by molar-refractivity contribution is 0.970. The zero-order valence-electron chi connectivity index (χ0n) is 9.77. The fraction of sp³-hybridized carbons (Fsp3) is 0.154. The van der Waals surface area contributed by atoms with Crippen molar-refractivity contribution in [3.63, 3.8) is 0 Å². The Morgan fingerprint density at radius 1 is 1.29 bits per heavy atom. The lowest BCUT2D eigenvalue weighted by atomic mass is 10.1. The molecule has 0 aliphatic heterocycles. The minimum absolute atomic E-state index is 0.629. The normalized spacial score (nSPS) is 11.2. The van der Waals surface area contributed by atoms with E-state index in [1.165, 1.54) is 16.5 Å². The van der Waals surface area contributed by atoms with Crippen molar-refractivity contribution < 1.29 is 0 Å². The Morgan fingerprint density at radius 3 is 2.76 bits per heavy atom. The van der Waals surface area contributed by atoms with E-state index in [1.807, 2.05) is 13.0 Å². The zero-order chi connectivity index (χ0) is 12.0. The topological polar surface area (TPSA) is 43.8 Å². The molecule has 0 saturated carbocycles. The van der Waals surface area contributed by atoms with Crippen LogP contribution in [0.15, 0.2) is 30.5 Å². The summed E-state index contributed by atoms with van der Waals surface area (Å²) in [7, 11) is 2.05. The van der Waals surface area contributed by atoms with Crippen molar-refractivity contribution in [2.75, 3.05) is 5.73 Å². The molecular formula is C13H13N3S. The number of benzene rings is 1. The third kappa shape index (κ3) is 1.52. The molecule has 0 aliphatic rings. The summed E-state index contributed by atoms with van der Waals surface area (Å²) >= 11 is 1.65. The van der Waals surface area contributed by atoms with Crippen LogP contribution in [0.3, 0.4) is 0 Å². The van der Waals surface area contributed by atoms with Crippen LogP contribution in [0, 0.1) is 6.92 Å². The van der Waals surface area contributed by atoms with Gasteiger partial charge >= 0.3 is 0 Å². The van der Waals surface area contributed by atoms with E-state index in [9.17, 15) is 0 Å². The number of para-hydroxylation sites is 1. The fourth-order valence-corrected chi connectivity index (χ4v) is 3.02. The number of anilines is 1. The summed E-state index contributed by atoms with van der Waals surface area (Å²) < 4.78 is 2.12. The van der Waals surface area contributed by atoms with Crippen LogP contribution in [0.2, 0.25) is 0 Å². The predicted molar refractivity (Wildman–Crippen MR) is 73.2 cm³/mol. The highest BCUT2D eigenvalue weighted by Gasteiger charge is 2.13. The summed E-state index contributed by atoms with van der Waals surface area (Å²) in [5.41, 5.74) is 8.35. The molecule has 0 atom stereocenters. The van der Waals surface area contributed by atoms with Crippen LogP contribution in [0.4, 0.5) is 5.82 Å². The second kappa shape index (κ2) is 3.60. The number of nitrogens with zero attached hydrogens (tertiary/aromatic N) is 2. The molecule has 0 saturated heterocycles. The molecule has 0 aliphatic carbocycles. The summed E-state index contributed by atoms with van der Waals surface area (Å²) in [5, 5.41) is 2.23. The quantitative estimate of drug-likeness (QED) is 0.713. The van der Waals surface area contributed by atoms with Crippen molar-refractivity contribution in [3.8, 4) is 10.4 Å². The van der Waals surface area contributed by atoms with E-state index in [0.717, 1.165) is 9.88 Å². The third-order valence-electron chi connectivity index (χ3n) is 2.90. The molecule has 3 rings (SSSR count). The van der Waals surface area contributed by atoms with Gasteiger partial charge in [-0.2, -0.15) is 0 Å². The maximum absolute atomic E-state index is 5.96. The van der Waals surface area contributed by atoms with E-state index in [1.54, 1.807) is 11.3 Å². The molecule has 0 radical (unpaired) electrons. The minimum atomic E-state index is 0.629. The number of hydrogen-bond acceptors (Lipinski definition) is 3. The van der Waals surface area contributed by atoms with Crippen molar-refractivity contribution >= 4 is 28.1 Å². The van der Waals surface area contributed by atoms with Gasteiger partial charge in [0.1, 0.15) is 5.82 Å². The molecule has 0 unspecified atom stereocenters. The molecule has 0 fully saturated rings. The number of nitrogen functional groups attached to an aromatic ring is 1. The molecule has 3 aromatic rings. The minimum Gasteiger partial charge on any atom is -0.382 e. The number of nitrogens with two attached hydrogens (primary N) is 1. The van der Waals surface area contributed by atoms with Gasteiger partial charge in [-0.3, -0.25) is 0 Å². The Bertz CT molecular complexity index is 694. The largest absolute Gasteiger partial charge is 0.382 e. The molecule has 17 heavy (non-hydrogen) atoms. The van der Waals surface area contributed by atoms with Crippen LogP contribution in [0.1, 0.15) is 5.01 Å². The average molecular weight is 243 g/mol. The van der Waals surface area contributed by atoms with E-state index >= 15 is 0 Å². The molecule has 2 N–H and O–H groups in total. The molecule has 0 spiro atoms. The van der Waals surface area contributed by atoms with E-state index < -0.39 is 0 Å². The maximum Gasteiger partial charge on any atom is 0.142 e. The van der Waals surface area contributed by atoms with Gasteiger partial charge < -0.3 is 10.3 Å². The number of aromatic nitrogens is 2. The van der Waals surface area contributed by atoms with Gasteiger partial charge in [0, 0.05) is 29.7 Å². The second-order valence-electron chi connectivity index (χ2n) is 4.12. The Hall–Kier alpha value is -1.81. The van der Waals surface area contributed by atoms with Gasteiger partial charge in [0.25, 0.3) is 0 Å². The maximum atomic E-state index is 5.96. The summed E-state index contributed by atoms with van der Waals surface area (Å²) in [6.07, 6.45) is 2.12. The Balaban J connectivity index is 2.34. The SMILES string of the molecule is Cc1nc(N)c(-c2cn(C)c3ccccc23)s1. The molecule has 2 heterocycles. The van der Waals surface area contributed by atoms with Crippen LogP contribution in [-0.2, 0) is 7.05 Å². The van der Waals surface area contributed by atoms with Crippen molar-refractivity contribution in [1.29, 1.82) is 0 Å². The van der Waals surface area contributed by atoms with Crippen molar-refractivity contribution in [3.05, 3.63) is 35.5 Å². The van der Waals surface area contributed by atoms with Crippen LogP contribution >= 0.6 is 11.3 Å². The first-order chi connectivity index (χ1) is 8.16. The van der Waals surface area contributed by atoms with Crippen molar-refractivity contribution in [2.24, 2.45) is 7.05 Å². The number of rotatable bonds is 1. The van der Waals surface area contributed by atoms with Crippen molar-refractivity contribution in [2.45, 2.75) is 6.92 Å². The Labute approximate surface area is 104 Å². The fourth-order valence-electron chi connectivity index (χ4n) is 2.16. The summed E-state index contributed by atoms with van der Waals surface area (Å²) in [6.45, 7) is 1.98. The molecule has 0 amide bonds. The van der Waals surface area contributed by atoms with E-state index in [4.69, 9.17) is 5.73 Å². The highest BCUT2D eigenvalue weighted by molar-refractivity contribution is 7.15. The van der Waals surface area contributed by atoms with Gasteiger partial charge in [0.05, 0.1) is 9.88 Å². The van der Waals surface area contributed by atoms with E-state index in [2.05, 4.69) is 41.0 Å². The van der Waals surface area contributed by atoms with Gasteiger partial charge in [-0.25, -0.2) is 4.98 Å². The third-order valence-corrected chi connectivity index (χ3v) is 3.92. The lowest BCUT2D eigenvalue weighted by Gasteiger charge is -1.95. The molecule has 3 nitrogen and oxygen atoms in total. The second-order valence-corrected chi connectivity index (χ2v) is 5.32. The first-order valence-corrected chi connectivity index (χ1v) is 6.26. The van der Waals surface area contributed by atoms with Gasteiger partial charge in [-0.15, -0.1) is 11.3 Å². The highest BCUT2D eigenvalue weighted by atomic mass is 32.1. The molecule has 86 valence electrons. The van der Waals surface area contributed by atoms with Crippen LogP contribution in [0.25, 0.3) is 21.3 Å². The monoisotopic (exact) mass is 243 g/mol. The molecule has 0 bridgehead atoms. The van der Waals surface area contributed by atoms with E-state index in [0.29, 0.717) is 5.82 Å². The standard InChI is InChI=1S/C13H13N3S/c1-8-15-13(14)12(17-8)10-7-16(2)11-6-4-3-5-9(10)11/h3-7H,14H2,1-2H3. The summed E-state index contributed by atoms with van der Waals surface area (Å²) in [5.74, 6) is 0.629. The predicted octanol–water partition coefficient (Wildman–Crippen LogP) is 3.19. The van der Waals surface area contributed by atoms with E-state index in [-0.39, 0.29) is 0 Å². The molecular weight excluding hydrogens is 230 g/mol. The van der Waals surface area contributed by atoms with Crippen LogP contribution < -0.4 is 5.73 Å². The molecule has 4 heteroatoms.